The van der Waals surface area contributed by atoms with Gasteiger partial charge in [0, 0.05) is 31.1 Å². The van der Waals surface area contributed by atoms with E-state index >= 15 is 0 Å². The second-order valence-corrected chi connectivity index (χ2v) is 8.18. The van der Waals surface area contributed by atoms with Gasteiger partial charge in [0.25, 0.3) is 5.89 Å². The van der Waals surface area contributed by atoms with Gasteiger partial charge in [-0.25, -0.2) is 0 Å². The zero-order valence-corrected chi connectivity index (χ0v) is 18.0. The molecule has 31 heavy (non-hydrogen) atoms. The van der Waals surface area contributed by atoms with Gasteiger partial charge in [-0.2, -0.15) is 4.98 Å². The van der Waals surface area contributed by atoms with Crippen molar-refractivity contribution in [2.24, 2.45) is 0 Å². The van der Waals surface area contributed by atoms with E-state index in [0.29, 0.717) is 24.9 Å². The summed E-state index contributed by atoms with van der Waals surface area (Å²) < 4.78 is 18.8. The molecule has 0 aliphatic carbocycles. The lowest BCUT2D eigenvalue weighted by Crippen LogP contribution is -2.48. The van der Waals surface area contributed by atoms with Crippen molar-refractivity contribution in [2.75, 3.05) is 20.3 Å². The third-order valence-electron chi connectivity index (χ3n) is 5.99. The molecule has 0 amide bonds. The molecular weight excluding hydrogens is 390 g/mol. The van der Waals surface area contributed by atoms with Gasteiger partial charge >= 0.3 is 0 Å². The van der Waals surface area contributed by atoms with Crippen molar-refractivity contribution in [3.63, 3.8) is 0 Å². The zero-order chi connectivity index (χ0) is 21.4. The molecule has 0 unspecified atom stereocenters. The van der Waals surface area contributed by atoms with Gasteiger partial charge < -0.3 is 18.6 Å². The molecule has 0 radical (unpaired) electrons. The van der Waals surface area contributed by atoms with E-state index in [-0.39, 0.29) is 5.60 Å². The largest absolute Gasteiger partial charge is 0.375 e. The second-order valence-electron chi connectivity index (χ2n) is 8.18. The minimum atomic E-state index is -0.334. The summed E-state index contributed by atoms with van der Waals surface area (Å²) in [6, 6.07) is 18.7. The van der Waals surface area contributed by atoms with Gasteiger partial charge in [-0.1, -0.05) is 59.3 Å². The number of aromatic nitrogens is 3. The normalized spacial score (nSPS) is 15.1. The van der Waals surface area contributed by atoms with Crippen LogP contribution in [0.3, 0.4) is 0 Å². The summed E-state index contributed by atoms with van der Waals surface area (Å²) >= 11 is 0. The van der Waals surface area contributed by atoms with Crippen LogP contribution in [0.4, 0.5) is 0 Å². The number of ether oxygens (including phenoxy) is 2. The third kappa shape index (κ3) is 3.69. The molecule has 1 saturated heterocycles. The molecule has 1 aliphatic rings. The van der Waals surface area contributed by atoms with E-state index in [1.165, 1.54) is 11.1 Å². The highest BCUT2D eigenvalue weighted by Crippen LogP contribution is 2.34. The molecule has 2 aromatic carbocycles. The first kappa shape index (κ1) is 19.7. The van der Waals surface area contributed by atoms with Crippen LogP contribution in [0.2, 0.25) is 0 Å². The quantitative estimate of drug-likeness (QED) is 0.455. The maximum absolute atomic E-state index is 5.65. The lowest BCUT2D eigenvalue weighted by atomic mass is 9.91. The van der Waals surface area contributed by atoms with Crippen molar-refractivity contribution < 1.29 is 14.0 Å². The van der Waals surface area contributed by atoms with Crippen molar-refractivity contribution >= 4 is 0 Å². The third-order valence-corrected chi connectivity index (χ3v) is 5.99. The molecule has 5 rings (SSSR count). The number of rotatable bonds is 6. The SMILES string of the molecule is COC1(c2ccc(-c3noc(-c4cc(C)n(Cc5ccc(C)cc5)c4)n3)cc2)COC1. The topological polar surface area (TPSA) is 62.3 Å². The van der Waals surface area contributed by atoms with E-state index in [1.807, 2.05) is 24.3 Å². The van der Waals surface area contributed by atoms with Crippen LogP contribution < -0.4 is 0 Å². The molecule has 4 aromatic rings. The van der Waals surface area contributed by atoms with Gasteiger partial charge in [0.2, 0.25) is 5.82 Å². The summed E-state index contributed by atoms with van der Waals surface area (Å²) in [5.41, 5.74) is 6.25. The van der Waals surface area contributed by atoms with Crippen LogP contribution in [-0.2, 0) is 21.6 Å². The molecule has 6 heteroatoms. The lowest BCUT2D eigenvalue weighted by molar-refractivity contribution is -0.202. The molecule has 1 fully saturated rings. The van der Waals surface area contributed by atoms with Gasteiger partial charge in [0.05, 0.1) is 18.8 Å². The van der Waals surface area contributed by atoms with Crippen molar-refractivity contribution in [1.82, 2.24) is 14.7 Å². The molecule has 3 heterocycles. The molecule has 0 N–H and O–H groups in total. The summed E-state index contributed by atoms with van der Waals surface area (Å²) in [6.45, 7) is 6.15. The van der Waals surface area contributed by atoms with Crippen LogP contribution >= 0.6 is 0 Å². The average molecular weight is 415 g/mol. The number of hydrogen-bond acceptors (Lipinski definition) is 5. The van der Waals surface area contributed by atoms with E-state index in [0.717, 1.165) is 28.9 Å². The minimum absolute atomic E-state index is 0.334. The molecule has 1 aliphatic heterocycles. The minimum Gasteiger partial charge on any atom is -0.375 e. The molecule has 0 bridgehead atoms. The van der Waals surface area contributed by atoms with Crippen LogP contribution in [0.25, 0.3) is 22.8 Å². The Hall–Kier alpha value is -3.22. The fourth-order valence-corrected chi connectivity index (χ4v) is 3.86. The Balaban J connectivity index is 1.35. The van der Waals surface area contributed by atoms with Crippen LogP contribution in [0.5, 0.6) is 0 Å². The average Bonchev–Trinajstić information content (AvgIpc) is 3.37. The Morgan fingerprint density at radius 2 is 1.74 bits per heavy atom. The summed E-state index contributed by atoms with van der Waals surface area (Å²) in [5, 5.41) is 4.19. The first-order chi connectivity index (χ1) is 15.1. The number of nitrogens with zero attached hydrogens (tertiary/aromatic N) is 3. The van der Waals surface area contributed by atoms with Crippen LogP contribution in [-0.4, -0.2) is 35.0 Å². The van der Waals surface area contributed by atoms with Crippen LogP contribution in [0.1, 0.15) is 22.4 Å². The smallest absolute Gasteiger partial charge is 0.259 e. The van der Waals surface area contributed by atoms with Crippen molar-refractivity contribution in [3.05, 3.63) is 83.2 Å². The molecule has 6 nitrogen and oxygen atoms in total. The molecular formula is C25H25N3O3. The van der Waals surface area contributed by atoms with E-state index in [1.54, 1.807) is 7.11 Å². The summed E-state index contributed by atoms with van der Waals surface area (Å²) in [4.78, 5) is 4.62. The lowest BCUT2D eigenvalue weighted by Gasteiger charge is -2.40. The monoisotopic (exact) mass is 415 g/mol. The maximum atomic E-state index is 5.65. The highest BCUT2D eigenvalue weighted by atomic mass is 16.6. The predicted octanol–water partition coefficient (Wildman–Crippen LogP) is 4.74. The highest BCUT2D eigenvalue weighted by Gasteiger charge is 2.40. The standard InChI is InChI=1S/C25H25N3O3/c1-17-4-6-19(7-5-17)13-28-14-21(12-18(28)2)24-26-23(27-31-24)20-8-10-22(11-9-20)25(29-3)15-30-16-25/h4-12,14H,13,15-16H2,1-3H3. The van der Waals surface area contributed by atoms with Crippen molar-refractivity contribution in [2.45, 2.75) is 26.0 Å². The Morgan fingerprint density at radius 1 is 1.00 bits per heavy atom. The fraction of sp³-hybridized carbons (Fsp3) is 0.280. The number of aryl methyl sites for hydroxylation is 2. The van der Waals surface area contributed by atoms with Crippen molar-refractivity contribution in [3.8, 4) is 22.8 Å². The highest BCUT2D eigenvalue weighted by molar-refractivity contribution is 5.60. The Bertz CT molecular complexity index is 1180. The molecule has 158 valence electrons. The number of benzene rings is 2. The van der Waals surface area contributed by atoms with E-state index in [4.69, 9.17) is 14.0 Å². The summed E-state index contributed by atoms with van der Waals surface area (Å²) in [5.74, 6) is 1.09. The van der Waals surface area contributed by atoms with Crippen molar-refractivity contribution in [1.29, 1.82) is 0 Å². The van der Waals surface area contributed by atoms with Crippen LogP contribution in [0.15, 0.2) is 65.3 Å². The zero-order valence-electron chi connectivity index (χ0n) is 18.0. The van der Waals surface area contributed by atoms with Gasteiger partial charge in [0.1, 0.15) is 5.60 Å². The Kier molecular flexibility index (Phi) is 4.96. The fourth-order valence-electron chi connectivity index (χ4n) is 3.86. The van der Waals surface area contributed by atoms with Gasteiger partial charge in [-0.3, -0.25) is 0 Å². The van der Waals surface area contributed by atoms with Gasteiger partial charge in [-0.15, -0.1) is 0 Å². The van der Waals surface area contributed by atoms with E-state index in [2.05, 4.69) is 65.1 Å². The first-order valence-electron chi connectivity index (χ1n) is 10.4. The Labute approximate surface area is 181 Å². The molecule has 2 aromatic heterocycles. The van der Waals surface area contributed by atoms with Gasteiger partial charge in [0.15, 0.2) is 0 Å². The van der Waals surface area contributed by atoms with E-state index in [9.17, 15) is 0 Å². The molecule has 0 spiro atoms. The van der Waals surface area contributed by atoms with E-state index < -0.39 is 0 Å². The van der Waals surface area contributed by atoms with Gasteiger partial charge in [-0.05, 0) is 31.0 Å². The number of hydrogen-bond donors (Lipinski definition) is 0. The Morgan fingerprint density at radius 3 is 2.39 bits per heavy atom. The summed E-state index contributed by atoms with van der Waals surface area (Å²) in [7, 11) is 1.72. The maximum Gasteiger partial charge on any atom is 0.259 e. The molecule has 0 saturated carbocycles. The van der Waals surface area contributed by atoms with Crippen LogP contribution in [0, 0.1) is 13.8 Å². The number of methoxy groups -OCH3 is 1. The summed E-state index contributed by atoms with van der Waals surface area (Å²) in [6.07, 6.45) is 2.06. The first-order valence-corrected chi connectivity index (χ1v) is 10.4. The second kappa shape index (κ2) is 7.80. The predicted molar refractivity (Wildman–Crippen MR) is 118 cm³/mol. The molecule has 0 atom stereocenters.